The second kappa shape index (κ2) is 5.14. The monoisotopic (exact) mass is 140 g/mol. The van der Waals surface area contributed by atoms with E-state index in [0.717, 1.165) is 0 Å². The maximum atomic E-state index is 8.88. The van der Waals surface area contributed by atoms with Gasteiger partial charge in [0.15, 0.2) is 0 Å². The Kier molecular flexibility index (Phi) is 11.5. The molecule has 0 saturated heterocycles. The van der Waals surface area contributed by atoms with E-state index in [1.165, 1.54) is 0 Å². The number of rotatable bonds is 0. The van der Waals surface area contributed by atoms with E-state index >= 15 is 0 Å². The van der Waals surface area contributed by atoms with Gasteiger partial charge in [0.25, 0.3) is 0 Å². The summed E-state index contributed by atoms with van der Waals surface area (Å²) < 4.78 is 8.88. The summed E-state index contributed by atoms with van der Waals surface area (Å²) >= 11 is 0. The summed E-state index contributed by atoms with van der Waals surface area (Å²) in [5.74, 6) is 0. The van der Waals surface area contributed by atoms with Crippen LogP contribution in [0.3, 0.4) is 0 Å². The van der Waals surface area contributed by atoms with E-state index in [4.69, 9.17) is 19.2 Å². The van der Waals surface area contributed by atoms with Crippen LogP contribution in [0.25, 0.3) is 0 Å². The van der Waals surface area contributed by atoms with Crippen LogP contribution < -0.4 is 31.3 Å². The molecule has 0 amide bonds. The number of halogens is 1. The summed E-state index contributed by atoms with van der Waals surface area (Å²) in [4.78, 5) is 21.6. The summed E-state index contributed by atoms with van der Waals surface area (Å²) in [6, 6.07) is 0. The third kappa shape index (κ3) is 176. The first-order valence-electron chi connectivity index (χ1n) is 0.783. The van der Waals surface area contributed by atoms with Crippen molar-refractivity contribution in [2.24, 2.45) is 0 Å². The molecule has 3 N–H and O–H groups in total. The van der Waals surface area contributed by atoms with Crippen LogP contribution in [0.5, 0.6) is 0 Å². The molecule has 0 saturated carbocycles. The molecule has 0 spiro atoms. The molecule has 4 nitrogen and oxygen atoms in total. The van der Waals surface area contributed by atoms with Gasteiger partial charge in [-0.1, -0.05) is 0 Å². The van der Waals surface area contributed by atoms with E-state index < -0.39 is 7.82 Å². The van der Waals surface area contributed by atoms with Crippen LogP contribution in [0, 0.1) is 0 Å². The summed E-state index contributed by atoms with van der Waals surface area (Å²) in [5, 5.41) is 0. The predicted molar refractivity (Wildman–Crippen MR) is 14.3 cm³/mol. The van der Waals surface area contributed by atoms with Crippen molar-refractivity contribution in [1.82, 2.24) is 0 Å². The van der Waals surface area contributed by atoms with Crippen molar-refractivity contribution in [1.29, 1.82) is 0 Å². The molecular weight excluding hydrogens is 137 g/mol. The molecule has 0 aromatic carbocycles. The molecule has 0 rings (SSSR count). The second-order valence-electron chi connectivity index (χ2n) is 0.513. The summed E-state index contributed by atoms with van der Waals surface area (Å²) in [6.07, 6.45) is 0. The van der Waals surface area contributed by atoms with E-state index in [-0.39, 0.29) is 31.3 Å². The Bertz CT molecular complexity index is 57.8. The van der Waals surface area contributed by atoms with Crippen LogP contribution >= 0.6 is 7.82 Å². The molecule has 0 aromatic heterocycles. The van der Waals surface area contributed by atoms with Crippen LogP contribution in [0.1, 0.15) is 0 Å². The fourth-order valence-corrected chi connectivity index (χ4v) is 0. The Hall–Kier alpha value is 0.997. The van der Waals surface area contributed by atoms with E-state index in [9.17, 15) is 0 Å². The molecule has 0 aromatic rings. The zero-order valence-corrected chi connectivity index (χ0v) is 5.23. The van der Waals surface area contributed by atoms with Crippen LogP contribution in [0.4, 0.5) is 0 Å². The molecular formula is H3ClLiO4P. The van der Waals surface area contributed by atoms with Crippen molar-refractivity contribution in [3.05, 3.63) is 0 Å². The zero-order chi connectivity index (χ0) is 4.50. The molecule has 0 bridgehead atoms. The maximum absolute atomic E-state index is 8.88. The Labute approximate surface area is 58.8 Å². The van der Waals surface area contributed by atoms with Gasteiger partial charge in [-0.2, -0.15) is 0 Å². The van der Waals surface area contributed by atoms with Crippen molar-refractivity contribution in [2.45, 2.75) is 0 Å². The van der Waals surface area contributed by atoms with E-state index in [2.05, 4.69) is 0 Å². The van der Waals surface area contributed by atoms with Crippen LogP contribution in [-0.2, 0) is 4.57 Å². The van der Waals surface area contributed by atoms with Crippen molar-refractivity contribution in [3.63, 3.8) is 0 Å². The second-order valence-corrected chi connectivity index (χ2v) is 1.54. The van der Waals surface area contributed by atoms with Crippen molar-refractivity contribution >= 4 is 7.82 Å². The predicted octanol–water partition coefficient (Wildman–Crippen LogP) is -6.92. The summed E-state index contributed by atoms with van der Waals surface area (Å²) in [7, 11) is -4.64. The average Bonchev–Trinajstić information content (AvgIpc) is 0.722. The number of hydrogen-bond donors (Lipinski definition) is 3. The molecule has 0 aliphatic heterocycles. The summed E-state index contributed by atoms with van der Waals surface area (Å²) in [5.41, 5.74) is 0. The van der Waals surface area contributed by atoms with Crippen LogP contribution in [-0.4, -0.2) is 14.7 Å². The quantitative estimate of drug-likeness (QED) is 0.231. The topological polar surface area (TPSA) is 77.8 Å². The third-order valence-corrected chi connectivity index (χ3v) is 0. The van der Waals surface area contributed by atoms with E-state index in [0.29, 0.717) is 0 Å². The Morgan fingerprint density at radius 3 is 1.14 bits per heavy atom. The Morgan fingerprint density at radius 2 is 1.14 bits per heavy atom. The van der Waals surface area contributed by atoms with Gasteiger partial charge in [-0.25, -0.2) is 4.57 Å². The average molecular weight is 140 g/mol. The SMILES string of the molecule is O=P(O)(O)O.[Cl-].[Li+]. The van der Waals surface area contributed by atoms with Gasteiger partial charge in [0, 0.05) is 0 Å². The molecule has 0 unspecified atom stereocenters. The first kappa shape index (κ1) is 15.7. The van der Waals surface area contributed by atoms with Gasteiger partial charge < -0.3 is 27.1 Å². The molecule has 7 heteroatoms. The van der Waals surface area contributed by atoms with Gasteiger partial charge >= 0.3 is 26.7 Å². The first-order chi connectivity index (χ1) is 2.00. The molecule has 7 heavy (non-hydrogen) atoms. The fourth-order valence-electron chi connectivity index (χ4n) is 0. The smallest absolute Gasteiger partial charge is 1.00 e. The van der Waals surface area contributed by atoms with Crippen molar-refractivity contribution in [3.8, 4) is 0 Å². The van der Waals surface area contributed by atoms with Gasteiger partial charge in [-0.15, -0.1) is 0 Å². The van der Waals surface area contributed by atoms with Gasteiger partial charge in [0.2, 0.25) is 0 Å². The standard InChI is InChI=1S/ClH.Li.H3O4P/c;;1-5(2,3)4/h1H;;(H3,1,2,3,4)/q;+1;/p-1. The van der Waals surface area contributed by atoms with Crippen LogP contribution in [0.15, 0.2) is 0 Å². The van der Waals surface area contributed by atoms with Crippen molar-refractivity contribution < 1.29 is 50.5 Å². The minimum atomic E-state index is -4.64. The molecule has 0 aliphatic carbocycles. The van der Waals surface area contributed by atoms with Crippen molar-refractivity contribution in [2.75, 3.05) is 0 Å². The van der Waals surface area contributed by atoms with Crippen LogP contribution in [0.2, 0.25) is 0 Å². The molecule has 0 atom stereocenters. The minimum Gasteiger partial charge on any atom is -1.00 e. The molecule has 0 heterocycles. The number of hydrogen-bond acceptors (Lipinski definition) is 1. The van der Waals surface area contributed by atoms with E-state index in [1.807, 2.05) is 0 Å². The van der Waals surface area contributed by atoms with Gasteiger partial charge in [-0.3, -0.25) is 0 Å². The molecule has 0 radical (unpaired) electrons. The first-order valence-corrected chi connectivity index (χ1v) is 2.35. The molecule has 0 aliphatic rings. The Morgan fingerprint density at radius 1 is 1.14 bits per heavy atom. The van der Waals surface area contributed by atoms with Gasteiger partial charge in [-0.05, 0) is 0 Å². The minimum absolute atomic E-state index is 0. The fraction of sp³-hybridized carbons (Fsp3) is 0. The normalized spacial score (nSPS) is 8.43. The third-order valence-electron chi connectivity index (χ3n) is 0. The number of phosphoric acid groups is 1. The maximum Gasteiger partial charge on any atom is 1.00 e. The molecule has 0 fully saturated rings. The zero-order valence-electron chi connectivity index (χ0n) is 3.58. The largest absolute Gasteiger partial charge is 1.00 e. The van der Waals surface area contributed by atoms with E-state index in [1.54, 1.807) is 0 Å². The molecule has 40 valence electrons. The van der Waals surface area contributed by atoms with Gasteiger partial charge in [0.1, 0.15) is 0 Å². The Balaban J connectivity index is -0.0000000800. The van der Waals surface area contributed by atoms with Gasteiger partial charge in [0.05, 0.1) is 0 Å². The summed E-state index contributed by atoms with van der Waals surface area (Å²) in [6.45, 7) is 0.